The summed E-state index contributed by atoms with van der Waals surface area (Å²) in [6.07, 6.45) is 0. The summed E-state index contributed by atoms with van der Waals surface area (Å²) in [5.74, 6) is 0. The number of nitrogens with zero attached hydrogens (tertiary/aromatic N) is 1. The summed E-state index contributed by atoms with van der Waals surface area (Å²) in [7, 11) is 1.71. The van der Waals surface area contributed by atoms with Gasteiger partial charge < -0.3 is 10.1 Å². The highest BCUT2D eigenvalue weighted by Gasteiger charge is 2.07. The van der Waals surface area contributed by atoms with Crippen molar-refractivity contribution in [2.24, 2.45) is 4.99 Å². The van der Waals surface area contributed by atoms with Crippen molar-refractivity contribution in [2.75, 3.05) is 25.6 Å². The van der Waals surface area contributed by atoms with Gasteiger partial charge in [0.25, 0.3) is 0 Å². The second kappa shape index (κ2) is 5.54. The largest absolute Gasteiger partial charge is 0.383 e. The standard InChI is InChI=1S/C12H15IN2O/c1-9-11-4-3-10(14-5-6-16-2)7-12(11)15-8-13-9/h3-4,7-8,14H,5-6H2,1-2H3. The van der Waals surface area contributed by atoms with Crippen molar-refractivity contribution in [3.8, 4) is 0 Å². The van der Waals surface area contributed by atoms with Crippen LogP contribution in [-0.2, 0) is 4.74 Å². The lowest BCUT2D eigenvalue weighted by atomic mass is 10.1. The number of fused-ring (bicyclic) bond motifs is 1. The molecule has 0 bridgehead atoms. The first-order chi connectivity index (χ1) is 7.81. The van der Waals surface area contributed by atoms with Gasteiger partial charge in [0, 0.05) is 24.9 Å². The molecule has 3 nitrogen and oxygen atoms in total. The summed E-state index contributed by atoms with van der Waals surface area (Å²) in [4.78, 5) is 4.46. The van der Waals surface area contributed by atoms with E-state index in [4.69, 9.17) is 4.74 Å². The quantitative estimate of drug-likeness (QED) is 0.680. The predicted octanol–water partition coefficient (Wildman–Crippen LogP) is 2.93. The molecule has 0 saturated carbocycles. The second-order valence-electron chi connectivity index (χ2n) is 3.52. The average molecular weight is 330 g/mol. The van der Waals surface area contributed by atoms with E-state index in [9.17, 15) is 0 Å². The zero-order valence-corrected chi connectivity index (χ0v) is 11.6. The minimum absolute atomic E-state index is 0.0233. The number of hydrogen-bond acceptors (Lipinski definition) is 3. The minimum atomic E-state index is 0.0233. The van der Waals surface area contributed by atoms with Gasteiger partial charge >= 0.3 is 0 Å². The van der Waals surface area contributed by atoms with Crippen LogP contribution in [0, 0.1) is 0 Å². The Morgan fingerprint density at radius 2 is 2.31 bits per heavy atom. The molecule has 1 aromatic carbocycles. The molecule has 1 N–H and O–H groups in total. The van der Waals surface area contributed by atoms with Crippen LogP contribution in [0.3, 0.4) is 0 Å². The lowest BCUT2D eigenvalue weighted by Gasteiger charge is -2.12. The Kier molecular flexibility index (Phi) is 4.06. The number of anilines is 1. The van der Waals surface area contributed by atoms with Gasteiger partial charge in [-0.3, -0.25) is 4.99 Å². The van der Waals surface area contributed by atoms with Crippen molar-refractivity contribution >= 4 is 39.8 Å². The van der Waals surface area contributed by atoms with E-state index in [-0.39, 0.29) is 20.7 Å². The van der Waals surface area contributed by atoms with E-state index in [1.807, 2.05) is 0 Å². The maximum atomic E-state index is 5.00. The van der Waals surface area contributed by atoms with Crippen molar-refractivity contribution in [1.82, 2.24) is 0 Å². The molecule has 0 radical (unpaired) electrons. The topological polar surface area (TPSA) is 33.6 Å². The molecule has 1 aliphatic rings. The highest BCUT2D eigenvalue weighted by molar-refractivity contribution is 14.2. The van der Waals surface area contributed by atoms with E-state index in [0.29, 0.717) is 0 Å². The third-order valence-electron chi connectivity index (χ3n) is 2.40. The zero-order valence-electron chi connectivity index (χ0n) is 9.46. The number of benzene rings is 1. The number of aliphatic imine (C=N–C) groups is 1. The van der Waals surface area contributed by atoms with E-state index in [1.165, 1.54) is 9.07 Å². The monoisotopic (exact) mass is 330 g/mol. The lowest BCUT2D eigenvalue weighted by Crippen LogP contribution is -2.07. The average Bonchev–Trinajstić information content (AvgIpc) is 2.30. The van der Waals surface area contributed by atoms with Gasteiger partial charge in [-0.2, -0.15) is 0 Å². The Morgan fingerprint density at radius 3 is 3.12 bits per heavy atom. The maximum Gasteiger partial charge on any atom is 0.0734 e. The summed E-state index contributed by atoms with van der Waals surface area (Å²) < 4.78 is 8.57. The summed E-state index contributed by atoms with van der Waals surface area (Å²) in [6.45, 7) is 3.75. The summed E-state index contributed by atoms with van der Waals surface area (Å²) in [6, 6.07) is 6.38. The molecule has 0 saturated heterocycles. The summed E-state index contributed by atoms with van der Waals surface area (Å²) in [5.41, 5.74) is 3.51. The van der Waals surface area contributed by atoms with Gasteiger partial charge in [0.05, 0.1) is 16.5 Å². The highest BCUT2D eigenvalue weighted by Crippen LogP contribution is 2.29. The molecule has 1 aliphatic heterocycles. The first kappa shape index (κ1) is 11.7. The van der Waals surface area contributed by atoms with Crippen LogP contribution >= 0.6 is 20.7 Å². The molecule has 1 aromatic rings. The van der Waals surface area contributed by atoms with Crippen molar-refractivity contribution in [2.45, 2.75) is 6.92 Å². The number of halogens is 1. The highest BCUT2D eigenvalue weighted by atomic mass is 127. The molecule has 0 aromatic heterocycles. The van der Waals surface area contributed by atoms with E-state index < -0.39 is 0 Å². The van der Waals surface area contributed by atoms with Crippen molar-refractivity contribution in [3.05, 3.63) is 23.8 Å². The van der Waals surface area contributed by atoms with Crippen molar-refractivity contribution in [1.29, 1.82) is 0 Å². The van der Waals surface area contributed by atoms with Crippen LogP contribution in [0.1, 0.15) is 12.5 Å². The van der Waals surface area contributed by atoms with Crippen molar-refractivity contribution in [3.63, 3.8) is 0 Å². The summed E-state index contributed by atoms with van der Waals surface area (Å²) in [5, 5.41) is 3.31. The first-order valence-corrected chi connectivity index (χ1v) is 7.50. The molecule has 0 unspecified atom stereocenters. The van der Waals surface area contributed by atoms with Gasteiger partial charge in [-0.1, -0.05) is 26.8 Å². The van der Waals surface area contributed by atoms with Crippen LogP contribution in [0.15, 0.2) is 23.2 Å². The Bertz CT molecular complexity index is 441. The molecule has 16 heavy (non-hydrogen) atoms. The number of rotatable bonds is 4. The fourth-order valence-electron chi connectivity index (χ4n) is 1.55. The van der Waals surface area contributed by atoms with Gasteiger partial charge in [-0.15, -0.1) is 0 Å². The van der Waals surface area contributed by atoms with Crippen molar-refractivity contribution < 1.29 is 4.74 Å². The van der Waals surface area contributed by atoms with Crippen LogP contribution in [0.2, 0.25) is 0 Å². The Balaban J connectivity index is 2.14. The van der Waals surface area contributed by atoms with Crippen LogP contribution in [0.5, 0.6) is 0 Å². The molecule has 0 amide bonds. The number of nitrogens with one attached hydrogen (secondary N) is 1. The molecule has 0 atom stereocenters. The van der Waals surface area contributed by atoms with Gasteiger partial charge in [-0.25, -0.2) is 0 Å². The normalized spacial score (nSPS) is 13.8. The molecule has 86 valence electrons. The number of ether oxygens (including phenoxy) is 1. The SMILES string of the molecule is COCCNc1ccc2c(c1)N=CI=C2C. The van der Waals surface area contributed by atoms with Gasteiger partial charge in [0.1, 0.15) is 0 Å². The van der Waals surface area contributed by atoms with Gasteiger partial charge in [0.2, 0.25) is 0 Å². The molecular formula is C12H15IN2O. The first-order valence-electron chi connectivity index (χ1n) is 5.18. The smallest absolute Gasteiger partial charge is 0.0734 e. The fraction of sp³-hybridized carbons (Fsp3) is 0.333. The predicted molar refractivity (Wildman–Crippen MR) is 78.8 cm³/mol. The van der Waals surface area contributed by atoms with Gasteiger partial charge in [-0.05, 0) is 22.6 Å². The lowest BCUT2D eigenvalue weighted by molar-refractivity contribution is 0.211. The third kappa shape index (κ3) is 2.68. The zero-order chi connectivity index (χ0) is 11.4. The Morgan fingerprint density at radius 1 is 1.44 bits per heavy atom. The van der Waals surface area contributed by atoms with E-state index in [0.717, 1.165) is 24.5 Å². The summed E-state index contributed by atoms with van der Waals surface area (Å²) >= 11 is 0.0233. The van der Waals surface area contributed by atoms with Crippen LogP contribution < -0.4 is 5.32 Å². The molecule has 0 aliphatic carbocycles. The van der Waals surface area contributed by atoms with Crippen LogP contribution in [0.25, 0.3) is 0 Å². The van der Waals surface area contributed by atoms with Crippen LogP contribution in [0.4, 0.5) is 11.4 Å². The Labute approximate surface area is 106 Å². The Hall–Kier alpha value is -0.750. The second-order valence-corrected chi connectivity index (χ2v) is 6.32. The van der Waals surface area contributed by atoms with Gasteiger partial charge in [0.15, 0.2) is 0 Å². The van der Waals surface area contributed by atoms with E-state index >= 15 is 0 Å². The van der Waals surface area contributed by atoms with E-state index in [2.05, 4.69) is 39.7 Å². The molecular weight excluding hydrogens is 315 g/mol. The molecule has 1 heterocycles. The maximum absolute atomic E-state index is 5.00. The van der Waals surface area contributed by atoms with Crippen LogP contribution in [-0.4, -0.2) is 28.0 Å². The third-order valence-corrected chi connectivity index (χ3v) is 4.48. The minimum Gasteiger partial charge on any atom is -0.383 e. The fourth-order valence-corrected chi connectivity index (χ4v) is 3.19. The molecule has 0 spiro atoms. The molecule has 0 fully saturated rings. The molecule has 2 rings (SSSR count). The van der Waals surface area contributed by atoms with E-state index in [1.54, 1.807) is 7.11 Å². The molecule has 4 heteroatoms. The number of hydrogen-bond donors (Lipinski definition) is 1. The number of methoxy groups -OCH3 is 1.